The van der Waals surface area contributed by atoms with Gasteiger partial charge < -0.3 is 10.2 Å². The Morgan fingerprint density at radius 1 is 1.27 bits per heavy atom. The average Bonchev–Trinajstić information content (AvgIpc) is 3.24. The number of rotatable bonds is 4. The second kappa shape index (κ2) is 7.25. The Balaban J connectivity index is 1.53. The largest absolute Gasteiger partial charge is 0.354 e. The van der Waals surface area contributed by atoms with Crippen LogP contribution in [0.15, 0.2) is 42.2 Å². The predicted octanol–water partition coefficient (Wildman–Crippen LogP) is 2.43. The highest BCUT2D eigenvalue weighted by Crippen LogP contribution is 2.22. The third kappa shape index (κ3) is 3.45. The first kappa shape index (κ1) is 16.7. The third-order valence-electron chi connectivity index (χ3n) is 4.53. The van der Waals surface area contributed by atoms with Crippen molar-refractivity contribution < 1.29 is 4.79 Å². The number of nitrogens with one attached hydrogen (secondary N) is 1. The van der Waals surface area contributed by atoms with E-state index in [9.17, 15) is 4.79 Å². The summed E-state index contributed by atoms with van der Waals surface area (Å²) >= 11 is 1.50. The zero-order valence-electron chi connectivity index (χ0n) is 14.5. The van der Waals surface area contributed by atoms with E-state index in [1.165, 1.54) is 11.3 Å². The number of aromatic nitrogens is 4. The Labute approximate surface area is 155 Å². The van der Waals surface area contributed by atoms with Gasteiger partial charge in [0.2, 0.25) is 5.95 Å². The molecule has 1 N–H and O–H groups in total. The maximum absolute atomic E-state index is 13.0. The molecule has 0 radical (unpaired) electrons. The van der Waals surface area contributed by atoms with Crippen molar-refractivity contribution in [3.63, 3.8) is 0 Å². The molecule has 26 heavy (non-hydrogen) atoms. The monoisotopic (exact) mass is 368 g/mol. The van der Waals surface area contributed by atoms with Crippen molar-refractivity contribution in [2.24, 2.45) is 5.92 Å². The summed E-state index contributed by atoms with van der Waals surface area (Å²) in [4.78, 5) is 24.2. The highest BCUT2D eigenvalue weighted by Gasteiger charge is 2.27. The molecule has 3 aromatic heterocycles. The van der Waals surface area contributed by atoms with Crippen LogP contribution in [-0.4, -0.2) is 43.6 Å². The molecule has 4 heterocycles. The standard InChI is InChI=1S/C18H20N6OS/c1-13-4-8-26-16(13)17(25)23-10-14(9-21-18-19-5-2-6-20-18)11-24-15(12-23)3-7-22-24/h2-8,14H,9-12H2,1H3,(H,19,20,21). The fraction of sp³-hybridized carbons (Fsp3) is 0.333. The summed E-state index contributed by atoms with van der Waals surface area (Å²) in [6, 6.07) is 5.76. The molecule has 1 aliphatic heterocycles. The molecular formula is C18H20N6OS. The van der Waals surface area contributed by atoms with Gasteiger partial charge in [-0.2, -0.15) is 5.10 Å². The fourth-order valence-electron chi connectivity index (χ4n) is 3.18. The van der Waals surface area contributed by atoms with Crippen LogP contribution in [0.5, 0.6) is 0 Å². The van der Waals surface area contributed by atoms with E-state index < -0.39 is 0 Å². The van der Waals surface area contributed by atoms with Crippen LogP contribution in [0.2, 0.25) is 0 Å². The maximum atomic E-state index is 13.0. The van der Waals surface area contributed by atoms with Crippen molar-refractivity contribution in [3.8, 4) is 0 Å². The quantitative estimate of drug-likeness (QED) is 0.765. The zero-order valence-corrected chi connectivity index (χ0v) is 15.3. The van der Waals surface area contributed by atoms with Crippen LogP contribution in [0.1, 0.15) is 20.9 Å². The molecule has 0 aliphatic carbocycles. The minimum atomic E-state index is 0.0908. The minimum absolute atomic E-state index is 0.0908. The van der Waals surface area contributed by atoms with Crippen LogP contribution in [-0.2, 0) is 13.1 Å². The smallest absolute Gasteiger partial charge is 0.264 e. The Kier molecular flexibility index (Phi) is 4.66. The molecule has 1 amide bonds. The summed E-state index contributed by atoms with van der Waals surface area (Å²) < 4.78 is 1.99. The number of hydrogen-bond donors (Lipinski definition) is 1. The van der Waals surface area contributed by atoms with Gasteiger partial charge in [-0.15, -0.1) is 11.3 Å². The normalized spacial score (nSPS) is 16.8. The van der Waals surface area contributed by atoms with Crippen molar-refractivity contribution in [1.82, 2.24) is 24.6 Å². The van der Waals surface area contributed by atoms with Crippen LogP contribution >= 0.6 is 11.3 Å². The Morgan fingerprint density at radius 3 is 2.88 bits per heavy atom. The lowest BCUT2D eigenvalue weighted by Crippen LogP contribution is -2.36. The van der Waals surface area contributed by atoms with E-state index >= 15 is 0 Å². The zero-order chi connectivity index (χ0) is 17.9. The summed E-state index contributed by atoms with van der Waals surface area (Å²) in [5, 5.41) is 9.66. The van der Waals surface area contributed by atoms with E-state index in [2.05, 4.69) is 20.4 Å². The number of carbonyl (C=O) groups is 1. The number of thiophene rings is 1. The Hall–Kier alpha value is -2.74. The summed E-state index contributed by atoms with van der Waals surface area (Å²) in [7, 11) is 0. The molecule has 0 aromatic carbocycles. The average molecular weight is 368 g/mol. The Bertz CT molecular complexity index is 890. The minimum Gasteiger partial charge on any atom is -0.354 e. The van der Waals surface area contributed by atoms with Crippen LogP contribution in [0.3, 0.4) is 0 Å². The van der Waals surface area contributed by atoms with Gasteiger partial charge in [-0.3, -0.25) is 9.48 Å². The highest BCUT2D eigenvalue weighted by molar-refractivity contribution is 7.12. The van der Waals surface area contributed by atoms with Gasteiger partial charge in [0.1, 0.15) is 0 Å². The van der Waals surface area contributed by atoms with Crippen molar-refractivity contribution >= 4 is 23.2 Å². The number of amides is 1. The lowest BCUT2D eigenvalue weighted by atomic mass is 10.1. The van der Waals surface area contributed by atoms with Crippen LogP contribution < -0.4 is 5.32 Å². The molecule has 134 valence electrons. The summed E-state index contributed by atoms with van der Waals surface area (Å²) in [6.07, 6.45) is 5.22. The highest BCUT2D eigenvalue weighted by atomic mass is 32.1. The molecule has 0 saturated carbocycles. The molecule has 1 unspecified atom stereocenters. The fourth-order valence-corrected chi connectivity index (χ4v) is 4.07. The maximum Gasteiger partial charge on any atom is 0.264 e. The number of aryl methyl sites for hydroxylation is 1. The number of nitrogens with zero attached hydrogens (tertiary/aromatic N) is 5. The SMILES string of the molecule is Cc1ccsc1C(=O)N1Cc2ccnn2CC(CNc2ncccn2)C1. The number of hydrogen-bond acceptors (Lipinski definition) is 6. The molecule has 1 aliphatic rings. The van der Waals surface area contributed by atoms with E-state index in [-0.39, 0.29) is 11.8 Å². The topological polar surface area (TPSA) is 75.9 Å². The van der Waals surface area contributed by atoms with Gasteiger partial charge in [0.05, 0.1) is 17.1 Å². The van der Waals surface area contributed by atoms with E-state index in [1.807, 2.05) is 34.0 Å². The third-order valence-corrected chi connectivity index (χ3v) is 5.53. The van der Waals surface area contributed by atoms with Gasteiger partial charge in [-0.25, -0.2) is 9.97 Å². The Morgan fingerprint density at radius 2 is 2.12 bits per heavy atom. The predicted molar refractivity (Wildman–Crippen MR) is 100 cm³/mol. The van der Waals surface area contributed by atoms with Crippen molar-refractivity contribution in [2.45, 2.75) is 20.0 Å². The molecule has 1 atom stereocenters. The van der Waals surface area contributed by atoms with Gasteiger partial charge in [0.25, 0.3) is 5.91 Å². The lowest BCUT2D eigenvalue weighted by Gasteiger charge is -2.24. The first-order valence-electron chi connectivity index (χ1n) is 8.55. The summed E-state index contributed by atoms with van der Waals surface area (Å²) in [5.74, 6) is 0.904. The molecule has 3 aromatic rings. The van der Waals surface area contributed by atoms with Crippen molar-refractivity contribution in [1.29, 1.82) is 0 Å². The first-order chi connectivity index (χ1) is 12.7. The molecule has 4 rings (SSSR count). The molecule has 8 heteroatoms. The van der Waals surface area contributed by atoms with Crippen LogP contribution in [0, 0.1) is 12.8 Å². The van der Waals surface area contributed by atoms with Gasteiger partial charge in [-0.05, 0) is 36.1 Å². The van der Waals surface area contributed by atoms with E-state index in [0.717, 1.165) is 22.7 Å². The van der Waals surface area contributed by atoms with Gasteiger partial charge in [-0.1, -0.05) is 0 Å². The van der Waals surface area contributed by atoms with Crippen LogP contribution in [0.4, 0.5) is 5.95 Å². The molecule has 0 saturated heterocycles. The molecule has 7 nitrogen and oxygen atoms in total. The van der Waals surface area contributed by atoms with E-state index in [1.54, 1.807) is 24.7 Å². The molecular weight excluding hydrogens is 348 g/mol. The summed E-state index contributed by atoms with van der Waals surface area (Å²) in [6.45, 7) is 4.66. The van der Waals surface area contributed by atoms with E-state index in [0.29, 0.717) is 25.6 Å². The lowest BCUT2D eigenvalue weighted by molar-refractivity contribution is 0.0728. The van der Waals surface area contributed by atoms with Gasteiger partial charge >= 0.3 is 0 Å². The summed E-state index contributed by atoms with van der Waals surface area (Å²) in [5.41, 5.74) is 2.09. The van der Waals surface area contributed by atoms with E-state index in [4.69, 9.17) is 0 Å². The van der Waals surface area contributed by atoms with Crippen molar-refractivity contribution in [2.75, 3.05) is 18.4 Å². The molecule has 0 spiro atoms. The first-order valence-corrected chi connectivity index (χ1v) is 9.43. The molecule has 0 bridgehead atoms. The van der Waals surface area contributed by atoms with Gasteiger partial charge in [0.15, 0.2) is 0 Å². The van der Waals surface area contributed by atoms with Gasteiger partial charge in [0, 0.05) is 44.1 Å². The van der Waals surface area contributed by atoms with Crippen molar-refractivity contribution in [3.05, 3.63) is 58.3 Å². The number of anilines is 1. The second-order valence-corrected chi connectivity index (χ2v) is 7.36. The second-order valence-electron chi connectivity index (χ2n) is 6.44. The molecule has 0 fully saturated rings. The number of fused-ring (bicyclic) bond motifs is 1. The van der Waals surface area contributed by atoms with Crippen LogP contribution in [0.25, 0.3) is 0 Å². The number of carbonyl (C=O) groups excluding carboxylic acids is 1.